The van der Waals surface area contributed by atoms with Crippen molar-refractivity contribution in [2.24, 2.45) is 0 Å². The minimum Gasteiger partial charge on any atom is -0.497 e. The number of anilines is 2. The molecule has 0 saturated heterocycles. The monoisotopic (exact) mass is 774 g/mol. The van der Waals surface area contributed by atoms with Crippen LogP contribution in [0.5, 0.6) is 11.5 Å². The second-order valence-corrected chi connectivity index (χ2v) is 13.4. The van der Waals surface area contributed by atoms with E-state index in [9.17, 15) is 35.9 Å². The summed E-state index contributed by atoms with van der Waals surface area (Å²) in [4.78, 5) is 40.0. The molecule has 0 saturated carbocycles. The second kappa shape index (κ2) is 14.9. The van der Waals surface area contributed by atoms with Gasteiger partial charge in [-0.2, -0.15) is 26.3 Å². The van der Waals surface area contributed by atoms with Crippen molar-refractivity contribution in [2.45, 2.75) is 28.1 Å². The predicted octanol–water partition coefficient (Wildman–Crippen LogP) is 8.33. The number of fused-ring (bicyclic) bond motifs is 2. The summed E-state index contributed by atoms with van der Waals surface area (Å²) in [6.45, 7) is 0. The fourth-order valence-corrected chi connectivity index (χ4v) is 6.94. The van der Waals surface area contributed by atoms with Gasteiger partial charge in [0.25, 0.3) is 0 Å². The summed E-state index contributed by atoms with van der Waals surface area (Å²) in [5, 5.41) is 5.81. The average molecular weight is 775 g/mol. The molecule has 2 aromatic heterocycles. The first-order valence-corrected chi connectivity index (χ1v) is 17.4. The highest BCUT2D eigenvalue weighted by Gasteiger charge is 2.72. The maximum atomic E-state index is 14.7. The van der Waals surface area contributed by atoms with E-state index in [0.717, 1.165) is 47.8 Å². The Morgan fingerprint density at radius 1 is 0.623 bits per heavy atom. The number of rotatable bonds is 12. The normalized spacial score (nSPS) is 12.2. The van der Waals surface area contributed by atoms with E-state index >= 15 is 0 Å². The molecule has 0 aliphatic heterocycles. The molecule has 53 heavy (non-hydrogen) atoms. The molecule has 0 unspecified atom stereocenters. The predicted molar refractivity (Wildman–Crippen MR) is 190 cm³/mol. The number of carbonyl (C=O) groups is 2. The number of nitrogens with zero attached hydrogens (tertiary/aromatic N) is 2. The highest BCUT2D eigenvalue weighted by atomic mass is 32.2. The summed E-state index contributed by atoms with van der Waals surface area (Å²) in [6, 6.07) is 17.0. The largest absolute Gasteiger partial charge is 0.497 e. The third-order valence-corrected chi connectivity index (χ3v) is 9.81. The molecule has 0 aliphatic carbocycles. The first kappa shape index (κ1) is 37.4. The number of methoxy groups -OCH3 is 2. The van der Waals surface area contributed by atoms with E-state index in [2.05, 4.69) is 30.6 Å². The Hall–Kier alpha value is -5.36. The van der Waals surface area contributed by atoms with Crippen LogP contribution in [0.2, 0.25) is 0 Å². The van der Waals surface area contributed by atoms with E-state index in [4.69, 9.17) is 9.47 Å². The van der Waals surface area contributed by atoms with Crippen LogP contribution < -0.4 is 20.1 Å². The molecule has 0 aliphatic rings. The maximum Gasteiger partial charge on any atom is 0.411 e. The fourth-order valence-electron chi connectivity index (χ4n) is 5.57. The third-order valence-electron chi connectivity index (χ3n) is 8.07. The van der Waals surface area contributed by atoms with Gasteiger partial charge in [0.1, 0.15) is 11.5 Å². The topological polar surface area (TPSA) is 134 Å². The van der Waals surface area contributed by atoms with Gasteiger partial charge in [0.2, 0.25) is 17.2 Å². The second-order valence-electron chi connectivity index (χ2n) is 11.4. The molecule has 6 rings (SSSR count). The fraction of sp³-hybridized carbons (Fsp3) is 0.200. The Balaban J connectivity index is 1.13. The Kier molecular flexibility index (Phi) is 10.5. The van der Waals surface area contributed by atoms with Gasteiger partial charge in [0.05, 0.1) is 47.8 Å². The molecule has 2 heterocycles. The molecule has 2 amide bonds. The molecule has 0 bridgehead atoms. The minimum atomic E-state index is -5.83. The molecular weight excluding hydrogens is 747 g/mol. The van der Waals surface area contributed by atoms with E-state index in [-0.39, 0.29) is 22.9 Å². The lowest BCUT2D eigenvalue weighted by Gasteiger charge is -2.38. The zero-order valence-electron chi connectivity index (χ0n) is 27.6. The van der Waals surface area contributed by atoms with E-state index in [1.54, 1.807) is 36.4 Å². The summed E-state index contributed by atoms with van der Waals surface area (Å²) < 4.78 is 98.7. The van der Waals surface area contributed by atoms with Crippen molar-refractivity contribution in [1.82, 2.24) is 19.9 Å². The van der Waals surface area contributed by atoms with Crippen molar-refractivity contribution in [1.29, 1.82) is 0 Å². The first-order chi connectivity index (χ1) is 25.2. The number of aromatic nitrogens is 4. The van der Waals surface area contributed by atoms with E-state index in [1.165, 1.54) is 14.2 Å². The molecule has 4 N–H and O–H groups in total. The number of benzene rings is 4. The van der Waals surface area contributed by atoms with Crippen molar-refractivity contribution in [3.05, 3.63) is 96.1 Å². The van der Waals surface area contributed by atoms with Crippen molar-refractivity contribution in [3.8, 4) is 11.5 Å². The number of aromatic amines is 2. The average Bonchev–Trinajstić information content (AvgIpc) is 3.73. The van der Waals surface area contributed by atoms with Crippen LogP contribution in [0.3, 0.4) is 0 Å². The number of hydrogen-bond donors (Lipinski definition) is 4. The van der Waals surface area contributed by atoms with E-state index < -0.39 is 40.7 Å². The Bertz CT molecular complexity index is 2100. The maximum absolute atomic E-state index is 14.7. The zero-order valence-corrected chi connectivity index (χ0v) is 29.2. The lowest BCUT2D eigenvalue weighted by Crippen LogP contribution is -2.54. The highest BCUT2D eigenvalue weighted by molar-refractivity contribution is 8.00. The van der Waals surface area contributed by atoms with Gasteiger partial charge in [-0.15, -0.1) is 0 Å². The number of hydrogen-bond acceptors (Lipinski definition) is 8. The first-order valence-electron chi connectivity index (χ1n) is 15.5. The lowest BCUT2D eigenvalue weighted by molar-refractivity contribution is -0.288. The third kappa shape index (κ3) is 7.87. The quantitative estimate of drug-likeness (QED) is 0.0721. The summed E-state index contributed by atoms with van der Waals surface area (Å²) in [5.41, 5.74) is -4.04. The van der Waals surface area contributed by atoms with Crippen LogP contribution >= 0.6 is 23.5 Å². The molecule has 18 heteroatoms. The minimum absolute atomic E-state index is 0.00903. The van der Waals surface area contributed by atoms with Crippen LogP contribution in [0.1, 0.15) is 11.1 Å². The summed E-state index contributed by atoms with van der Waals surface area (Å²) in [5.74, 6) is -0.210. The van der Waals surface area contributed by atoms with Gasteiger partial charge >= 0.3 is 12.4 Å². The smallest absolute Gasteiger partial charge is 0.411 e. The van der Waals surface area contributed by atoms with Crippen LogP contribution in [-0.4, -0.2) is 69.8 Å². The van der Waals surface area contributed by atoms with Gasteiger partial charge in [-0.05, 0) is 59.7 Å². The SMILES string of the molecule is COc1ccc2nc(SCC(=O)Nc3ccc(C(c4ccc(NC(=O)CSc5nc6ccc(OC)cc6[nH]5)cc4)(C(F)(F)F)C(F)(F)F)cc3)[nH]c2c1. The van der Waals surface area contributed by atoms with Crippen LogP contribution in [0.15, 0.2) is 95.2 Å². The number of amides is 2. The van der Waals surface area contributed by atoms with Crippen LogP contribution in [0.25, 0.3) is 22.1 Å². The Labute approximate surface area is 305 Å². The van der Waals surface area contributed by atoms with Crippen LogP contribution in [0, 0.1) is 0 Å². The van der Waals surface area contributed by atoms with Gasteiger partial charge in [0.15, 0.2) is 10.3 Å². The number of halogens is 6. The van der Waals surface area contributed by atoms with Crippen molar-refractivity contribution in [2.75, 3.05) is 36.4 Å². The molecule has 6 aromatic rings. The van der Waals surface area contributed by atoms with Gasteiger partial charge in [-0.25, -0.2) is 9.97 Å². The molecular formula is C35H28F6N6O4S2. The summed E-state index contributed by atoms with van der Waals surface area (Å²) >= 11 is 2.11. The van der Waals surface area contributed by atoms with Crippen LogP contribution in [0.4, 0.5) is 37.7 Å². The number of thioether (sulfide) groups is 2. The van der Waals surface area contributed by atoms with Gasteiger partial charge in [0, 0.05) is 23.5 Å². The van der Waals surface area contributed by atoms with Crippen LogP contribution in [-0.2, 0) is 15.0 Å². The molecule has 0 atom stereocenters. The number of ether oxygens (including phenoxy) is 2. The Morgan fingerprint density at radius 2 is 1.00 bits per heavy atom. The summed E-state index contributed by atoms with van der Waals surface area (Å²) in [6.07, 6.45) is -11.7. The molecule has 0 radical (unpaired) electrons. The molecule has 10 nitrogen and oxygen atoms in total. The molecule has 0 spiro atoms. The standard InChI is InChI=1S/C35H28F6N6O4S2/c1-50-23-11-13-25-27(15-23)46-31(44-25)52-17-29(48)42-21-7-3-19(4-8-21)33(34(36,37)38,35(39,40)41)20-5-9-22(10-6-20)43-30(49)18-53-32-45-26-14-12-24(51-2)16-28(26)47-32/h3-16H,17-18H2,1-2H3,(H,42,48)(H,43,49)(H,44,46)(H,45,47). The number of imidazole rings is 2. The zero-order chi connectivity index (χ0) is 38.0. The molecule has 276 valence electrons. The molecule has 0 fully saturated rings. The molecule has 4 aromatic carbocycles. The Morgan fingerprint density at radius 3 is 1.34 bits per heavy atom. The van der Waals surface area contributed by atoms with Crippen molar-refractivity contribution < 1.29 is 45.4 Å². The van der Waals surface area contributed by atoms with Crippen molar-refractivity contribution >= 4 is 68.8 Å². The van der Waals surface area contributed by atoms with E-state index in [0.29, 0.717) is 68.1 Å². The van der Waals surface area contributed by atoms with Gasteiger partial charge in [-0.3, -0.25) is 9.59 Å². The van der Waals surface area contributed by atoms with Gasteiger partial charge < -0.3 is 30.1 Å². The van der Waals surface area contributed by atoms with Gasteiger partial charge in [-0.1, -0.05) is 47.8 Å². The number of H-pyrrole nitrogens is 2. The van der Waals surface area contributed by atoms with E-state index in [1.807, 2.05) is 0 Å². The number of carbonyl (C=O) groups excluding carboxylic acids is 2. The highest BCUT2D eigenvalue weighted by Crippen LogP contribution is 2.56. The number of alkyl halides is 6. The van der Waals surface area contributed by atoms with Crippen molar-refractivity contribution in [3.63, 3.8) is 0 Å². The number of nitrogens with one attached hydrogen (secondary N) is 4. The summed E-state index contributed by atoms with van der Waals surface area (Å²) in [7, 11) is 3.03. The lowest BCUT2D eigenvalue weighted by atomic mass is 9.73.